The summed E-state index contributed by atoms with van der Waals surface area (Å²) in [6, 6.07) is 2.71. The van der Waals surface area contributed by atoms with Crippen LogP contribution in [0.15, 0.2) is 16.6 Å². The van der Waals surface area contributed by atoms with E-state index in [1.54, 1.807) is 0 Å². The van der Waals surface area contributed by atoms with E-state index in [9.17, 15) is 4.39 Å². The predicted octanol–water partition coefficient (Wildman–Crippen LogP) is 3.15. The number of ether oxygens (including phenoxy) is 1. The molecule has 0 N–H and O–H groups in total. The maximum atomic E-state index is 13.2. The first-order chi connectivity index (χ1) is 6.69. The first-order valence-corrected chi connectivity index (χ1v) is 4.41. The molecule has 0 saturated heterocycles. The topological polar surface area (TPSA) is 13.6 Å². The largest absolute Gasteiger partial charge is 0.492 e. The molecule has 0 radical (unpaired) electrons. The van der Waals surface area contributed by atoms with Gasteiger partial charge in [0.25, 0.3) is 5.69 Å². The molecule has 0 aliphatic carbocycles. The van der Waals surface area contributed by atoms with E-state index < -0.39 is 5.82 Å². The molecule has 0 unspecified atom stereocenters. The van der Waals surface area contributed by atoms with Crippen LogP contribution in [0.25, 0.3) is 4.85 Å². The number of halogens is 2. The fourth-order valence-corrected chi connectivity index (χ4v) is 1.29. The molecule has 0 saturated carbocycles. The van der Waals surface area contributed by atoms with Crippen molar-refractivity contribution in [3.05, 3.63) is 33.8 Å². The molecule has 0 atom stereocenters. The number of rotatable bonds is 2. The minimum Gasteiger partial charge on any atom is -0.492 e. The Morgan fingerprint density at radius 2 is 2.36 bits per heavy atom. The summed E-state index contributed by atoms with van der Waals surface area (Å²) in [5.74, 6) is 1.78. The second kappa shape index (κ2) is 4.64. The molecule has 14 heavy (non-hydrogen) atoms. The van der Waals surface area contributed by atoms with Crippen molar-refractivity contribution in [3.8, 4) is 18.1 Å². The van der Waals surface area contributed by atoms with Crippen LogP contribution in [0.2, 0.25) is 0 Å². The van der Waals surface area contributed by atoms with Gasteiger partial charge in [0, 0.05) is 4.47 Å². The van der Waals surface area contributed by atoms with E-state index in [2.05, 4.69) is 26.7 Å². The van der Waals surface area contributed by atoms with E-state index in [4.69, 9.17) is 17.7 Å². The standard InChI is InChI=1S/C10H5BrFNO/c1-3-4-14-9-6-7(11)5-8(12)10(9)13-2/h1,5-6H,4H2. The van der Waals surface area contributed by atoms with Gasteiger partial charge in [-0.15, -0.1) is 6.42 Å². The predicted molar refractivity (Wildman–Crippen MR) is 54.7 cm³/mol. The van der Waals surface area contributed by atoms with Crippen LogP contribution < -0.4 is 4.74 Å². The lowest BCUT2D eigenvalue weighted by molar-refractivity contribution is 0.370. The third-order valence-corrected chi connectivity index (χ3v) is 1.87. The zero-order chi connectivity index (χ0) is 10.6. The monoisotopic (exact) mass is 253 g/mol. The van der Waals surface area contributed by atoms with Crippen molar-refractivity contribution in [1.82, 2.24) is 0 Å². The Hall–Kier alpha value is -1.52. The van der Waals surface area contributed by atoms with Crippen LogP contribution >= 0.6 is 15.9 Å². The van der Waals surface area contributed by atoms with Gasteiger partial charge >= 0.3 is 0 Å². The first kappa shape index (κ1) is 10.6. The van der Waals surface area contributed by atoms with Gasteiger partial charge in [0.05, 0.1) is 6.57 Å². The Morgan fingerprint density at radius 3 is 2.93 bits per heavy atom. The molecule has 0 aliphatic rings. The molecule has 1 aromatic carbocycles. The number of terminal acetylenes is 1. The zero-order valence-corrected chi connectivity index (χ0v) is 8.64. The van der Waals surface area contributed by atoms with Gasteiger partial charge in [0.1, 0.15) is 18.2 Å². The van der Waals surface area contributed by atoms with Crippen molar-refractivity contribution < 1.29 is 9.13 Å². The summed E-state index contributed by atoms with van der Waals surface area (Å²) in [6.07, 6.45) is 4.99. The van der Waals surface area contributed by atoms with Gasteiger partial charge in [-0.25, -0.2) is 9.24 Å². The highest BCUT2D eigenvalue weighted by Gasteiger charge is 2.11. The highest BCUT2D eigenvalue weighted by Crippen LogP contribution is 2.33. The zero-order valence-electron chi connectivity index (χ0n) is 7.05. The molecule has 4 heteroatoms. The maximum Gasteiger partial charge on any atom is 0.262 e. The van der Waals surface area contributed by atoms with Crippen molar-refractivity contribution >= 4 is 21.6 Å². The summed E-state index contributed by atoms with van der Waals surface area (Å²) in [4.78, 5) is 3.02. The molecular weight excluding hydrogens is 249 g/mol. The average Bonchev–Trinajstić information content (AvgIpc) is 2.14. The van der Waals surface area contributed by atoms with E-state index >= 15 is 0 Å². The molecule has 0 fully saturated rings. The Bertz CT molecular complexity index is 431. The van der Waals surface area contributed by atoms with Gasteiger partial charge < -0.3 is 4.74 Å². The van der Waals surface area contributed by atoms with Crippen molar-refractivity contribution in [2.45, 2.75) is 0 Å². The van der Waals surface area contributed by atoms with E-state index in [0.29, 0.717) is 4.47 Å². The summed E-state index contributed by atoms with van der Waals surface area (Å²) >= 11 is 3.09. The van der Waals surface area contributed by atoms with Gasteiger partial charge in [-0.3, -0.25) is 0 Å². The SMILES string of the molecule is [C-]#[N+]c1c(F)cc(Br)cc1OCC#C. The van der Waals surface area contributed by atoms with E-state index in [0.717, 1.165) is 0 Å². The van der Waals surface area contributed by atoms with Crippen molar-refractivity contribution in [2.24, 2.45) is 0 Å². The Balaban J connectivity index is 3.14. The lowest BCUT2D eigenvalue weighted by Gasteiger charge is -2.05. The number of hydrogen-bond donors (Lipinski definition) is 0. The van der Waals surface area contributed by atoms with Crippen LogP contribution in [0.1, 0.15) is 0 Å². The number of nitrogens with zero attached hydrogens (tertiary/aromatic N) is 1. The fourth-order valence-electron chi connectivity index (χ4n) is 0.880. The minimum atomic E-state index is -0.624. The van der Waals surface area contributed by atoms with Crippen LogP contribution in [0, 0.1) is 24.7 Å². The van der Waals surface area contributed by atoms with Gasteiger partial charge in [-0.1, -0.05) is 21.9 Å². The molecule has 0 aliphatic heterocycles. The molecule has 70 valence electrons. The highest BCUT2D eigenvalue weighted by molar-refractivity contribution is 9.10. The highest BCUT2D eigenvalue weighted by atomic mass is 79.9. The molecule has 0 amide bonds. The van der Waals surface area contributed by atoms with Crippen LogP contribution in [-0.2, 0) is 0 Å². The lowest BCUT2D eigenvalue weighted by Crippen LogP contribution is -1.94. The van der Waals surface area contributed by atoms with Gasteiger partial charge in [0.2, 0.25) is 0 Å². The molecule has 1 rings (SSSR count). The van der Waals surface area contributed by atoms with Gasteiger partial charge in [0.15, 0.2) is 0 Å². The van der Waals surface area contributed by atoms with Crippen LogP contribution in [-0.4, -0.2) is 6.61 Å². The normalized spacial score (nSPS) is 8.86. The number of hydrogen-bond acceptors (Lipinski definition) is 1. The Morgan fingerprint density at radius 1 is 1.64 bits per heavy atom. The quantitative estimate of drug-likeness (QED) is 0.583. The molecule has 0 aromatic heterocycles. The Labute approximate surface area is 89.6 Å². The second-order valence-electron chi connectivity index (χ2n) is 2.34. The second-order valence-corrected chi connectivity index (χ2v) is 3.25. The van der Waals surface area contributed by atoms with E-state index in [-0.39, 0.29) is 18.0 Å². The molecule has 0 heterocycles. The maximum absolute atomic E-state index is 13.2. The summed E-state index contributed by atoms with van der Waals surface area (Å²) in [5.41, 5.74) is -0.150. The van der Waals surface area contributed by atoms with Crippen molar-refractivity contribution in [3.63, 3.8) is 0 Å². The number of benzene rings is 1. The third kappa shape index (κ3) is 2.25. The summed E-state index contributed by atoms with van der Waals surface area (Å²) in [5, 5.41) is 0. The van der Waals surface area contributed by atoms with Crippen LogP contribution in [0.4, 0.5) is 10.1 Å². The van der Waals surface area contributed by atoms with Crippen LogP contribution in [0.5, 0.6) is 5.75 Å². The molecule has 0 bridgehead atoms. The Kier molecular flexibility index (Phi) is 3.50. The third-order valence-electron chi connectivity index (χ3n) is 1.42. The van der Waals surface area contributed by atoms with Crippen molar-refractivity contribution in [2.75, 3.05) is 6.61 Å². The fraction of sp³-hybridized carbons (Fsp3) is 0.100. The molecule has 2 nitrogen and oxygen atoms in total. The minimum absolute atomic E-state index is 0.0123. The molecule has 0 spiro atoms. The molecule has 1 aromatic rings. The summed E-state index contributed by atoms with van der Waals surface area (Å²) in [6.45, 7) is 6.78. The van der Waals surface area contributed by atoms with Crippen molar-refractivity contribution in [1.29, 1.82) is 0 Å². The van der Waals surface area contributed by atoms with E-state index in [1.807, 2.05) is 0 Å². The average molecular weight is 254 g/mol. The lowest BCUT2D eigenvalue weighted by atomic mass is 10.3. The van der Waals surface area contributed by atoms with Gasteiger partial charge in [-0.2, -0.15) is 0 Å². The summed E-state index contributed by atoms with van der Waals surface area (Å²) < 4.78 is 18.7. The van der Waals surface area contributed by atoms with E-state index in [1.165, 1.54) is 12.1 Å². The van der Waals surface area contributed by atoms with Gasteiger partial charge in [-0.05, 0) is 12.1 Å². The van der Waals surface area contributed by atoms with Crippen LogP contribution in [0.3, 0.4) is 0 Å². The first-order valence-electron chi connectivity index (χ1n) is 3.61. The summed E-state index contributed by atoms with van der Waals surface area (Å²) in [7, 11) is 0. The smallest absolute Gasteiger partial charge is 0.262 e. The molecular formula is C10H5BrFNO.